The average Bonchev–Trinajstić information content (AvgIpc) is 3.07. The van der Waals surface area contributed by atoms with Gasteiger partial charge in [-0.15, -0.1) is 0 Å². The molecule has 0 aliphatic heterocycles. The Bertz CT molecular complexity index is 895. The number of benzene rings is 1. The van der Waals surface area contributed by atoms with E-state index in [2.05, 4.69) is 10.3 Å². The third-order valence-corrected chi connectivity index (χ3v) is 3.97. The van der Waals surface area contributed by atoms with Crippen molar-refractivity contribution in [2.45, 2.75) is 26.2 Å². The van der Waals surface area contributed by atoms with Crippen LogP contribution in [0.4, 0.5) is 0 Å². The minimum absolute atomic E-state index is 0.0422. The molecule has 0 aliphatic rings. The van der Waals surface area contributed by atoms with Crippen LogP contribution in [0.1, 0.15) is 23.3 Å². The maximum Gasteiger partial charge on any atom is 0.251 e. The van der Waals surface area contributed by atoms with Crippen molar-refractivity contribution in [3.8, 4) is 0 Å². The number of carbonyl (C=O) groups excluding carboxylic acids is 1. The lowest BCUT2D eigenvalue weighted by molar-refractivity contribution is -0.121. The van der Waals surface area contributed by atoms with Crippen LogP contribution >= 0.6 is 0 Å². The minimum Gasteiger partial charge on any atom is -0.469 e. The van der Waals surface area contributed by atoms with Crippen LogP contribution in [0, 0.1) is 6.92 Å². The molecule has 2 N–H and O–H groups in total. The largest absolute Gasteiger partial charge is 0.469 e. The number of pyridine rings is 1. The highest BCUT2D eigenvalue weighted by molar-refractivity contribution is 5.79. The molecule has 0 spiro atoms. The molecule has 0 atom stereocenters. The molecule has 1 aromatic carbocycles. The van der Waals surface area contributed by atoms with Gasteiger partial charge in [0.1, 0.15) is 5.76 Å². The van der Waals surface area contributed by atoms with Gasteiger partial charge in [0.15, 0.2) is 0 Å². The number of aryl methyl sites for hydroxylation is 2. The van der Waals surface area contributed by atoms with E-state index in [0.717, 1.165) is 22.2 Å². The number of furan rings is 1. The summed E-state index contributed by atoms with van der Waals surface area (Å²) in [6.07, 6.45) is 3.06. The van der Waals surface area contributed by atoms with Crippen molar-refractivity contribution >= 4 is 16.8 Å². The fourth-order valence-corrected chi connectivity index (χ4v) is 2.67. The van der Waals surface area contributed by atoms with Crippen molar-refractivity contribution in [2.24, 2.45) is 0 Å². The van der Waals surface area contributed by atoms with Gasteiger partial charge in [-0.3, -0.25) is 9.59 Å². The molecule has 0 saturated heterocycles. The number of H-pyrrole nitrogens is 1. The molecule has 5 heteroatoms. The van der Waals surface area contributed by atoms with Crippen LogP contribution < -0.4 is 10.9 Å². The number of rotatable bonds is 6. The van der Waals surface area contributed by atoms with Gasteiger partial charge in [-0.1, -0.05) is 11.6 Å². The average molecular weight is 324 g/mol. The van der Waals surface area contributed by atoms with E-state index >= 15 is 0 Å². The van der Waals surface area contributed by atoms with Crippen molar-refractivity contribution in [1.29, 1.82) is 0 Å². The zero-order chi connectivity index (χ0) is 16.9. The van der Waals surface area contributed by atoms with E-state index in [1.807, 2.05) is 37.3 Å². The molecule has 0 aliphatic carbocycles. The Labute approximate surface area is 139 Å². The lowest BCUT2D eigenvalue weighted by Gasteiger charge is -2.06. The molecule has 0 unspecified atom stereocenters. The molecule has 0 fully saturated rings. The Balaban J connectivity index is 1.56. The summed E-state index contributed by atoms with van der Waals surface area (Å²) < 4.78 is 5.20. The summed E-state index contributed by atoms with van der Waals surface area (Å²) in [6.45, 7) is 2.46. The fraction of sp³-hybridized carbons (Fsp3) is 0.263. The summed E-state index contributed by atoms with van der Waals surface area (Å²) >= 11 is 0. The first-order chi connectivity index (χ1) is 11.6. The first-order valence-corrected chi connectivity index (χ1v) is 8.03. The zero-order valence-corrected chi connectivity index (χ0v) is 13.6. The Morgan fingerprint density at radius 1 is 1.21 bits per heavy atom. The Morgan fingerprint density at radius 2 is 2.08 bits per heavy atom. The lowest BCUT2D eigenvalue weighted by atomic mass is 10.1. The van der Waals surface area contributed by atoms with E-state index in [9.17, 15) is 9.59 Å². The van der Waals surface area contributed by atoms with Crippen molar-refractivity contribution in [3.05, 3.63) is 69.9 Å². The van der Waals surface area contributed by atoms with Crippen LogP contribution in [0.2, 0.25) is 0 Å². The van der Waals surface area contributed by atoms with Crippen LogP contribution in [0.5, 0.6) is 0 Å². The molecular weight excluding hydrogens is 304 g/mol. The number of aromatic nitrogens is 1. The van der Waals surface area contributed by atoms with Gasteiger partial charge in [0.05, 0.1) is 6.26 Å². The molecule has 3 rings (SSSR count). The number of amides is 1. The van der Waals surface area contributed by atoms with Gasteiger partial charge in [-0.2, -0.15) is 0 Å². The molecule has 1 amide bonds. The maximum absolute atomic E-state index is 12.1. The highest BCUT2D eigenvalue weighted by Gasteiger charge is 2.06. The minimum atomic E-state index is -0.101. The molecule has 0 radical (unpaired) electrons. The number of hydrogen-bond donors (Lipinski definition) is 2. The Morgan fingerprint density at radius 3 is 2.88 bits per heavy atom. The summed E-state index contributed by atoms with van der Waals surface area (Å²) in [7, 11) is 0. The van der Waals surface area contributed by atoms with Gasteiger partial charge in [-0.05, 0) is 49.1 Å². The van der Waals surface area contributed by atoms with E-state index in [1.54, 1.807) is 12.3 Å². The topological polar surface area (TPSA) is 75.1 Å². The molecule has 2 heterocycles. The molecular formula is C19H20N2O3. The molecule has 0 bridgehead atoms. The summed E-state index contributed by atoms with van der Waals surface area (Å²) in [4.78, 5) is 26.8. The molecule has 3 aromatic rings. The Kier molecular flexibility index (Phi) is 4.79. The number of aromatic amines is 1. The third-order valence-electron chi connectivity index (χ3n) is 3.97. The van der Waals surface area contributed by atoms with Crippen LogP contribution in [0.3, 0.4) is 0 Å². The van der Waals surface area contributed by atoms with Gasteiger partial charge in [0.25, 0.3) is 5.56 Å². The van der Waals surface area contributed by atoms with Gasteiger partial charge < -0.3 is 14.7 Å². The predicted octanol–water partition coefficient (Wildman–Crippen LogP) is 2.72. The van der Waals surface area contributed by atoms with Gasteiger partial charge in [0.2, 0.25) is 5.91 Å². The van der Waals surface area contributed by atoms with Crippen LogP contribution in [0.15, 0.2) is 51.9 Å². The van der Waals surface area contributed by atoms with Crippen LogP contribution in [0.25, 0.3) is 10.9 Å². The summed E-state index contributed by atoms with van der Waals surface area (Å²) in [5, 5.41) is 3.85. The molecule has 5 nitrogen and oxygen atoms in total. The molecule has 0 saturated carbocycles. The second kappa shape index (κ2) is 7.17. The zero-order valence-electron chi connectivity index (χ0n) is 13.6. The third kappa shape index (κ3) is 3.93. The van der Waals surface area contributed by atoms with E-state index < -0.39 is 0 Å². The monoisotopic (exact) mass is 324 g/mol. The van der Waals surface area contributed by atoms with Crippen molar-refractivity contribution < 1.29 is 9.21 Å². The van der Waals surface area contributed by atoms with E-state index in [-0.39, 0.29) is 11.5 Å². The number of fused-ring (bicyclic) bond motifs is 1. The summed E-state index contributed by atoms with van der Waals surface area (Å²) in [5.74, 6) is 0.756. The molecule has 2 aromatic heterocycles. The lowest BCUT2D eigenvalue weighted by Crippen LogP contribution is -2.27. The van der Waals surface area contributed by atoms with Crippen molar-refractivity contribution in [1.82, 2.24) is 10.3 Å². The van der Waals surface area contributed by atoms with Gasteiger partial charge in [-0.25, -0.2) is 0 Å². The first-order valence-electron chi connectivity index (χ1n) is 8.03. The van der Waals surface area contributed by atoms with Crippen LogP contribution in [-0.4, -0.2) is 17.4 Å². The van der Waals surface area contributed by atoms with E-state index in [1.165, 1.54) is 0 Å². The number of nitrogens with one attached hydrogen (secondary N) is 2. The van der Waals surface area contributed by atoms with Crippen molar-refractivity contribution in [2.75, 3.05) is 6.54 Å². The standard InChI is InChI=1S/C19H20N2O3/c1-13-4-6-17-15(11-13)12-14(19(23)21-17)8-9-20-18(22)7-5-16-3-2-10-24-16/h2-4,6,10-12H,5,7-9H2,1H3,(H,20,22)(H,21,23). The fourth-order valence-electron chi connectivity index (χ4n) is 2.67. The predicted molar refractivity (Wildman–Crippen MR) is 93.0 cm³/mol. The van der Waals surface area contributed by atoms with Gasteiger partial charge >= 0.3 is 0 Å². The van der Waals surface area contributed by atoms with Gasteiger partial charge in [0, 0.05) is 30.5 Å². The number of hydrogen-bond acceptors (Lipinski definition) is 3. The van der Waals surface area contributed by atoms with Crippen LogP contribution in [-0.2, 0) is 17.6 Å². The van der Waals surface area contributed by atoms with E-state index in [0.29, 0.717) is 31.4 Å². The highest BCUT2D eigenvalue weighted by atomic mass is 16.3. The quantitative estimate of drug-likeness (QED) is 0.732. The SMILES string of the molecule is Cc1ccc2[nH]c(=O)c(CCNC(=O)CCc3ccco3)cc2c1. The smallest absolute Gasteiger partial charge is 0.251 e. The normalized spacial score (nSPS) is 10.9. The maximum atomic E-state index is 12.1. The highest BCUT2D eigenvalue weighted by Crippen LogP contribution is 2.13. The summed E-state index contributed by atoms with van der Waals surface area (Å²) in [5.41, 5.74) is 2.55. The Hall–Kier alpha value is -2.82. The second-order valence-corrected chi connectivity index (χ2v) is 5.89. The molecule has 124 valence electrons. The molecule has 24 heavy (non-hydrogen) atoms. The number of carbonyl (C=O) groups is 1. The van der Waals surface area contributed by atoms with E-state index in [4.69, 9.17) is 4.42 Å². The second-order valence-electron chi connectivity index (χ2n) is 5.89. The van der Waals surface area contributed by atoms with Crippen molar-refractivity contribution in [3.63, 3.8) is 0 Å². The first kappa shape index (κ1) is 16.1. The summed E-state index contributed by atoms with van der Waals surface area (Å²) in [6, 6.07) is 11.5.